The number of methoxy groups -OCH3 is 2. The van der Waals surface area contributed by atoms with E-state index in [1.807, 2.05) is 0 Å². The molecule has 8 nitrogen and oxygen atoms in total. The minimum atomic E-state index is -1.35. The smallest absolute Gasteiger partial charge is 0.350 e. The maximum atomic E-state index is 13.2. The molecule has 1 heterocycles. The highest BCUT2D eigenvalue weighted by atomic mass is 79.9. The molecule has 1 aliphatic heterocycles. The molecule has 2 aromatic rings. The van der Waals surface area contributed by atoms with Gasteiger partial charge in [0.2, 0.25) is 0 Å². The number of esters is 2. The summed E-state index contributed by atoms with van der Waals surface area (Å²) < 4.78 is 21.6. The average Bonchev–Trinajstić information content (AvgIpc) is 2.71. The minimum Gasteiger partial charge on any atom is -0.493 e. The topological polar surface area (TPSA) is 100 Å². The molecule has 0 saturated carbocycles. The summed E-state index contributed by atoms with van der Waals surface area (Å²) in [6.07, 6.45) is 1.14. The van der Waals surface area contributed by atoms with Gasteiger partial charge >= 0.3 is 11.9 Å². The van der Waals surface area contributed by atoms with Crippen LogP contribution in [0.15, 0.2) is 52.6 Å². The van der Waals surface area contributed by atoms with E-state index in [1.54, 1.807) is 24.3 Å². The molecular formula is C22H20BrNO7. The van der Waals surface area contributed by atoms with Crippen molar-refractivity contribution in [3.63, 3.8) is 0 Å². The summed E-state index contributed by atoms with van der Waals surface area (Å²) in [6.45, 7) is 2.91. The fourth-order valence-electron chi connectivity index (χ4n) is 2.87. The van der Waals surface area contributed by atoms with Gasteiger partial charge in [-0.05, 0) is 30.3 Å². The van der Waals surface area contributed by atoms with Crippen LogP contribution in [0.5, 0.6) is 11.5 Å². The largest absolute Gasteiger partial charge is 0.493 e. The summed E-state index contributed by atoms with van der Waals surface area (Å²) in [5.74, 6) is -2.63. The molecule has 0 amide bonds. The lowest BCUT2D eigenvalue weighted by Gasteiger charge is -2.29. The zero-order valence-electron chi connectivity index (χ0n) is 17.3. The second kappa shape index (κ2) is 8.81. The standard InChI is InChI=1S/C22H20BrNO7/c1-22(2)30-20(26)15(21(27)31-22)11-24-16-10-18(29-4)17(28-3)9-14(16)19(25)12-5-7-13(23)8-6-12/h5-11,24H,1-4H3. The molecule has 2 aromatic carbocycles. The van der Waals surface area contributed by atoms with Crippen molar-refractivity contribution in [1.29, 1.82) is 0 Å². The van der Waals surface area contributed by atoms with Crippen LogP contribution < -0.4 is 14.8 Å². The minimum absolute atomic E-state index is 0.245. The predicted octanol–water partition coefficient (Wildman–Crippen LogP) is 3.83. The number of anilines is 1. The van der Waals surface area contributed by atoms with Gasteiger partial charge < -0.3 is 24.3 Å². The Bertz CT molecular complexity index is 1050. The zero-order valence-corrected chi connectivity index (χ0v) is 18.9. The van der Waals surface area contributed by atoms with Crippen molar-refractivity contribution in [2.45, 2.75) is 19.6 Å². The summed E-state index contributed by atoms with van der Waals surface area (Å²) in [6, 6.07) is 9.89. The molecule has 31 heavy (non-hydrogen) atoms. The third-order valence-corrected chi connectivity index (χ3v) is 4.89. The van der Waals surface area contributed by atoms with Gasteiger partial charge in [-0.2, -0.15) is 0 Å². The number of hydrogen-bond acceptors (Lipinski definition) is 8. The van der Waals surface area contributed by atoms with E-state index < -0.39 is 17.7 Å². The number of benzene rings is 2. The maximum Gasteiger partial charge on any atom is 0.350 e. The molecule has 1 N–H and O–H groups in total. The van der Waals surface area contributed by atoms with Gasteiger partial charge in [0.15, 0.2) is 22.9 Å². The molecule has 0 bridgehead atoms. The molecule has 0 radical (unpaired) electrons. The van der Waals surface area contributed by atoms with E-state index in [1.165, 1.54) is 40.2 Å². The first-order chi connectivity index (χ1) is 14.6. The molecule has 162 valence electrons. The lowest BCUT2D eigenvalue weighted by atomic mass is 10.0. The number of hydrogen-bond donors (Lipinski definition) is 1. The van der Waals surface area contributed by atoms with E-state index in [2.05, 4.69) is 21.2 Å². The Labute approximate surface area is 187 Å². The molecular weight excluding hydrogens is 470 g/mol. The fraction of sp³-hybridized carbons (Fsp3) is 0.227. The van der Waals surface area contributed by atoms with E-state index in [4.69, 9.17) is 18.9 Å². The number of nitrogens with one attached hydrogen (secondary N) is 1. The summed E-state index contributed by atoms with van der Waals surface area (Å²) in [5.41, 5.74) is 0.638. The molecule has 0 aliphatic carbocycles. The van der Waals surface area contributed by atoms with Crippen LogP contribution in [0.2, 0.25) is 0 Å². The monoisotopic (exact) mass is 489 g/mol. The van der Waals surface area contributed by atoms with E-state index in [0.29, 0.717) is 22.7 Å². The van der Waals surface area contributed by atoms with Crippen molar-refractivity contribution in [1.82, 2.24) is 0 Å². The van der Waals surface area contributed by atoms with Crippen LogP contribution in [-0.2, 0) is 19.1 Å². The second-order valence-corrected chi connectivity index (χ2v) is 7.89. The van der Waals surface area contributed by atoms with Crippen LogP contribution in [0.25, 0.3) is 0 Å². The van der Waals surface area contributed by atoms with E-state index in [-0.39, 0.29) is 16.9 Å². The molecule has 3 rings (SSSR count). The SMILES string of the molecule is COc1cc(NC=C2C(=O)OC(C)(C)OC2=O)c(C(=O)c2ccc(Br)cc2)cc1OC. The van der Waals surface area contributed by atoms with Crippen molar-refractivity contribution >= 4 is 39.3 Å². The number of rotatable bonds is 6. The number of carbonyl (C=O) groups excluding carboxylic acids is 3. The van der Waals surface area contributed by atoms with Gasteiger partial charge in [-0.1, -0.05) is 15.9 Å². The highest BCUT2D eigenvalue weighted by molar-refractivity contribution is 9.10. The third kappa shape index (κ3) is 4.88. The van der Waals surface area contributed by atoms with Crippen molar-refractivity contribution in [3.8, 4) is 11.5 Å². The van der Waals surface area contributed by atoms with Crippen LogP contribution in [0.3, 0.4) is 0 Å². The first-order valence-corrected chi connectivity index (χ1v) is 9.94. The summed E-state index contributed by atoms with van der Waals surface area (Å²) >= 11 is 3.34. The molecule has 0 atom stereocenters. The second-order valence-electron chi connectivity index (χ2n) is 6.97. The van der Waals surface area contributed by atoms with Crippen LogP contribution in [0.1, 0.15) is 29.8 Å². The first kappa shape index (κ1) is 22.4. The van der Waals surface area contributed by atoms with Gasteiger partial charge in [0.05, 0.1) is 19.9 Å². The summed E-state index contributed by atoms with van der Waals surface area (Å²) in [5, 5.41) is 2.83. The Hall–Kier alpha value is -3.33. The van der Waals surface area contributed by atoms with Gasteiger partial charge in [0, 0.05) is 41.7 Å². The molecule has 1 saturated heterocycles. The molecule has 0 spiro atoms. The molecule has 0 aromatic heterocycles. The average molecular weight is 490 g/mol. The number of halogens is 1. The molecule has 0 unspecified atom stereocenters. The quantitative estimate of drug-likeness (QED) is 0.282. The van der Waals surface area contributed by atoms with Crippen molar-refractivity contribution in [3.05, 3.63) is 63.8 Å². The zero-order chi connectivity index (χ0) is 22.8. The summed E-state index contributed by atoms with van der Waals surface area (Å²) in [7, 11) is 2.91. The number of ether oxygens (including phenoxy) is 4. The normalized spacial score (nSPS) is 14.9. The van der Waals surface area contributed by atoms with Gasteiger partial charge in [0.1, 0.15) is 0 Å². The Balaban J connectivity index is 2.02. The Kier molecular flexibility index (Phi) is 6.35. The van der Waals surface area contributed by atoms with E-state index >= 15 is 0 Å². The van der Waals surface area contributed by atoms with Crippen LogP contribution in [0.4, 0.5) is 5.69 Å². The van der Waals surface area contributed by atoms with E-state index in [0.717, 1.165) is 10.7 Å². The van der Waals surface area contributed by atoms with Crippen molar-refractivity contribution in [2.24, 2.45) is 0 Å². The Morgan fingerprint density at radius 2 is 1.55 bits per heavy atom. The van der Waals surface area contributed by atoms with Gasteiger partial charge in [-0.25, -0.2) is 9.59 Å². The van der Waals surface area contributed by atoms with Crippen LogP contribution in [0, 0.1) is 0 Å². The fourth-order valence-corrected chi connectivity index (χ4v) is 3.14. The van der Waals surface area contributed by atoms with Gasteiger partial charge in [0.25, 0.3) is 5.79 Å². The number of cyclic esters (lactones) is 2. The number of ketones is 1. The first-order valence-electron chi connectivity index (χ1n) is 9.15. The van der Waals surface area contributed by atoms with Gasteiger partial charge in [-0.3, -0.25) is 4.79 Å². The third-order valence-electron chi connectivity index (χ3n) is 4.36. The Morgan fingerprint density at radius 3 is 2.10 bits per heavy atom. The van der Waals surface area contributed by atoms with Gasteiger partial charge in [-0.15, -0.1) is 0 Å². The lowest BCUT2D eigenvalue weighted by molar-refractivity contribution is -0.222. The number of carbonyl (C=O) groups is 3. The van der Waals surface area contributed by atoms with E-state index in [9.17, 15) is 14.4 Å². The maximum absolute atomic E-state index is 13.2. The van der Waals surface area contributed by atoms with Crippen molar-refractivity contribution < 1.29 is 33.3 Å². The predicted molar refractivity (Wildman–Crippen MR) is 115 cm³/mol. The van der Waals surface area contributed by atoms with Crippen molar-refractivity contribution in [2.75, 3.05) is 19.5 Å². The summed E-state index contributed by atoms with van der Waals surface area (Å²) in [4.78, 5) is 37.5. The van der Waals surface area contributed by atoms with Crippen LogP contribution >= 0.6 is 15.9 Å². The Morgan fingerprint density at radius 1 is 1.00 bits per heavy atom. The van der Waals surface area contributed by atoms with Crippen LogP contribution in [-0.4, -0.2) is 37.7 Å². The highest BCUT2D eigenvalue weighted by Crippen LogP contribution is 2.35. The highest BCUT2D eigenvalue weighted by Gasteiger charge is 2.39. The lowest BCUT2D eigenvalue weighted by Crippen LogP contribution is -2.42. The molecule has 9 heteroatoms. The molecule has 1 fully saturated rings. The molecule has 1 aliphatic rings.